The minimum Gasteiger partial charge on any atom is -0.348 e. The smallest absolute Gasteiger partial charge is 0.185 e. The van der Waals surface area contributed by atoms with E-state index in [4.69, 9.17) is 15.2 Å². The molecule has 0 saturated carbocycles. The van der Waals surface area contributed by atoms with Crippen LogP contribution in [0.5, 0.6) is 0 Å². The SMILES string of the molecule is NCCc1csc(N2CCC3(CC2)OCCO3)n1. The van der Waals surface area contributed by atoms with Crippen LogP contribution in [0, 0.1) is 0 Å². The second-order valence-corrected chi connectivity index (χ2v) is 5.59. The van der Waals surface area contributed by atoms with Crippen molar-refractivity contribution < 1.29 is 9.47 Å². The molecule has 3 heterocycles. The fourth-order valence-electron chi connectivity index (χ4n) is 2.53. The third-order valence-corrected chi connectivity index (χ3v) is 4.50. The number of hydrogen-bond acceptors (Lipinski definition) is 6. The van der Waals surface area contributed by atoms with Crippen molar-refractivity contribution in [3.8, 4) is 0 Å². The fourth-order valence-corrected chi connectivity index (χ4v) is 3.44. The van der Waals surface area contributed by atoms with Gasteiger partial charge in [0.2, 0.25) is 0 Å². The molecule has 0 aliphatic carbocycles. The molecule has 5 nitrogen and oxygen atoms in total. The molecule has 1 aromatic heterocycles. The van der Waals surface area contributed by atoms with E-state index in [1.54, 1.807) is 11.3 Å². The Morgan fingerprint density at radius 2 is 2.06 bits per heavy atom. The molecule has 2 fully saturated rings. The first kappa shape index (κ1) is 12.3. The third kappa shape index (κ3) is 2.38. The highest BCUT2D eigenvalue weighted by Gasteiger charge is 2.40. The Morgan fingerprint density at radius 1 is 1.33 bits per heavy atom. The van der Waals surface area contributed by atoms with Crippen LogP contribution in [0.15, 0.2) is 5.38 Å². The highest BCUT2D eigenvalue weighted by atomic mass is 32.1. The predicted molar refractivity (Wildman–Crippen MR) is 71.0 cm³/mol. The summed E-state index contributed by atoms with van der Waals surface area (Å²) < 4.78 is 11.5. The molecule has 18 heavy (non-hydrogen) atoms. The van der Waals surface area contributed by atoms with Gasteiger partial charge in [0.05, 0.1) is 18.9 Å². The molecule has 6 heteroatoms. The van der Waals surface area contributed by atoms with Crippen molar-refractivity contribution in [1.29, 1.82) is 0 Å². The summed E-state index contributed by atoms with van der Waals surface area (Å²) in [6.45, 7) is 4.04. The van der Waals surface area contributed by atoms with Crippen LogP contribution in [-0.4, -0.2) is 43.6 Å². The van der Waals surface area contributed by atoms with E-state index >= 15 is 0 Å². The Labute approximate surface area is 111 Å². The van der Waals surface area contributed by atoms with Crippen molar-refractivity contribution in [3.63, 3.8) is 0 Å². The van der Waals surface area contributed by atoms with Gasteiger partial charge in [-0.05, 0) is 6.54 Å². The van der Waals surface area contributed by atoms with E-state index in [-0.39, 0.29) is 5.79 Å². The molecule has 0 unspecified atom stereocenters. The van der Waals surface area contributed by atoms with E-state index < -0.39 is 0 Å². The lowest BCUT2D eigenvalue weighted by atomic mass is 10.0. The van der Waals surface area contributed by atoms with Gasteiger partial charge in [-0.1, -0.05) is 0 Å². The quantitative estimate of drug-likeness (QED) is 0.886. The minimum atomic E-state index is -0.298. The molecule has 2 aliphatic heterocycles. The van der Waals surface area contributed by atoms with Gasteiger partial charge < -0.3 is 20.1 Å². The first-order valence-corrected chi connectivity index (χ1v) is 7.37. The summed E-state index contributed by atoms with van der Waals surface area (Å²) in [7, 11) is 0. The number of aromatic nitrogens is 1. The number of thiazole rings is 1. The zero-order chi connectivity index (χ0) is 12.4. The molecule has 0 radical (unpaired) electrons. The maximum atomic E-state index is 5.73. The van der Waals surface area contributed by atoms with E-state index in [0.29, 0.717) is 6.54 Å². The van der Waals surface area contributed by atoms with Crippen LogP contribution in [0.25, 0.3) is 0 Å². The van der Waals surface area contributed by atoms with E-state index in [1.165, 1.54) is 0 Å². The van der Waals surface area contributed by atoms with Crippen molar-refractivity contribution in [2.45, 2.75) is 25.0 Å². The summed E-state index contributed by atoms with van der Waals surface area (Å²) in [6.07, 6.45) is 2.72. The van der Waals surface area contributed by atoms with Crippen LogP contribution >= 0.6 is 11.3 Å². The lowest BCUT2D eigenvalue weighted by molar-refractivity contribution is -0.169. The Kier molecular flexibility index (Phi) is 3.52. The topological polar surface area (TPSA) is 60.6 Å². The maximum absolute atomic E-state index is 5.73. The largest absolute Gasteiger partial charge is 0.348 e. The number of nitrogens with zero attached hydrogens (tertiary/aromatic N) is 2. The molecule has 2 saturated heterocycles. The molecule has 2 N–H and O–H groups in total. The molecule has 1 aromatic rings. The summed E-state index contributed by atoms with van der Waals surface area (Å²) >= 11 is 1.70. The fraction of sp³-hybridized carbons (Fsp3) is 0.750. The molecule has 100 valence electrons. The number of ether oxygens (including phenoxy) is 2. The molecule has 1 spiro atoms. The first-order valence-electron chi connectivity index (χ1n) is 6.49. The summed E-state index contributed by atoms with van der Waals surface area (Å²) in [5, 5.41) is 3.21. The molecule has 0 aromatic carbocycles. The van der Waals surface area contributed by atoms with Gasteiger partial charge in [-0.15, -0.1) is 11.3 Å². The van der Waals surface area contributed by atoms with Crippen LogP contribution < -0.4 is 10.6 Å². The van der Waals surface area contributed by atoms with Crippen molar-refractivity contribution in [2.75, 3.05) is 37.7 Å². The van der Waals surface area contributed by atoms with E-state index in [0.717, 1.165) is 56.4 Å². The zero-order valence-electron chi connectivity index (χ0n) is 10.4. The summed E-state index contributed by atoms with van der Waals surface area (Å²) in [4.78, 5) is 6.94. The zero-order valence-corrected chi connectivity index (χ0v) is 11.2. The molecule has 0 amide bonds. The first-order chi connectivity index (χ1) is 8.81. The van der Waals surface area contributed by atoms with Crippen LogP contribution in [0.1, 0.15) is 18.5 Å². The molecular weight excluding hydrogens is 250 g/mol. The highest BCUT2D eigenvalue weighted by Crippen LogP contribution is 2.34. The van der Waals surface area contributed by atoms with Gasteiger partial charge in [0.25, 0.3) is 0 Å². The lowest BCUT2D eigenvalue weighted by Crippen LogP contribution is -2.45. The van der Waals surface area contributed by atoms with Gasteiger partial charge in [-0.2, -0.15) is 0 Å². The lowest BCUT2D eigenvalue weighted by Gasteiger charge is -2.37. The molecular formula is C12H19N3O2S. The van der Waals surface area contributed by atoms with E-state index in [2.05, 4.69) is 15.3 Å². The van der Waals surface area contributed by atoms with Crippen LogP contribution in [-0.2, 0) is 15.9 Å². The Morgan fingerprint density at radius 3 is 2.72 bits per heavy atom. The molecule has 0 bridgehead atoms. The van der Waals surface area contributed by atoms with Gasteiger partial charge >= 0.3 is 0 Å². The second kappa shape index (κ2) is 5.13. The standard InChI is InChI=1S/C12H19N3O2S/c13-4-1-10-9-18-11(14-10)15-5-2-12(3-6-15)16-7-8-17-12/h9H,1-8,13H2. The van der Waals surface area contributed by atoms with Crippen molar-refractivity contribution in [3.05, 3.63) is 11.1 Å². The van der Waals surface area contributed by atoms with E-state index in [1.807, 2.05) is 0 Å². The normalized spacial score (nSPS) is 22.8. The second-order valence-electron chi connectivity index (χ2n) is 4.75. The van der Waals surface area contributed by atoms with Gasteiger partial charge in [0.1, 0.15) is 0 Å². The predicted octanol–water partition coefficient (Wildman–Crippen LogP) is 0.988. The van der Waals surface area contributed by atoms with Gasteiger partial charge in [-0.25, -0.2) is 4.98 Å². The Bertz CT molecular complexity index is 394. The highest BCUT2D eigenvalue weighted by molar-refractivity contribution is 7.13. The van der Waals surface area contributed by atoms with Crippen LogP contribution in [0.2, 0.25) is 0 Å². The van der Waals surface area contributed by atoms with Gasteiger partial charge in [0, 0.05) is 37.7 Å². The third-order valence-electron chi connectivity index (χ3n) is 3.55. The summed E-state index contributed by atoms with van der Waals surface area (Å²) in [5.41, 5.74) is 6.65. The number of anilines is 1. The van der Waals surface area contributed by atoms with Crippen molar-refractivity contribution >= 4 is 16.5 Å². The Balaban J connectivity index is 1.61. The molecule has 2 aliphatic rings. The van der Waals surface area contributed by atoms with Gasteiger partial charge in [0.15, 0.2) is 10.9 Å². The average Bonchev–Trinajstić information content (AvgIpc) is 3.02. The Hall–Kier alpha value is -0.690. The van der Waals surface area contributed by atoms with Crippen LogP contribution in [0.3, 0.4) is 0 Å². The summed E-state index contributed by atoms with van der Waals surface area (Å²) in [5.74, 6) is -0.298. The maximum Gasteiger partial charge on any atom is 0.185 e. The molecule has 3 rings (SSSR count). The van der Waals surface area contributed by atoms with Crippen molar-refractivity contribution in [2.24, 2.45) is 5.73 Å². The van der Waals surface area contributed by atoms with E-state index in [9.17, 15) is 0 Å². The van der Waals surface area contributed by atoms with Crippen molar-refractivity contribution in [1.82, 2.24) is 4.98 Å². The number of rotatable bonds is 3. The van der Waals surface area contributed by atoms with Crippen LogP contribution in [0.4, 0.5) is 5.13 Å². The monoisotopic (exact) mass is 269 g/mol. The van der Waals surface area contributed by atoms with Gasteiger partial charge in [-0.3, -0.25) is 0 Å². The number of hydrogen-bond donors (Lipinski definition) is 1. The number of nitrogens with two attached hydrogens (primary N) is 1. The minimum absolute atomic E-state index is 0.298. The number of piperidine rings is 1. The molecule has 0 atom stereocenters. The average molecular weight is 269 g/mol. The summed E-state index contributed by atoms with van der Waals surface area (Å²) in [6, 6.07) is 0.